The topological polar surface area (TPSA) is 89.4 Å². The molecule has 5 nitrogen and oxygen atoms in total. The van der Waals surface area contributed by atoms with Crippen LogP contribution in [0.25, 0.3) is 11.0 Å². The van der Waals surface area contributed by atoms with Crippen LogP contribution in [0.15, 0.2) is 22.7 Å². The molecule has 66 valence electrons. The van der Waals surface area contributed by atoms with E-state index in [2.05, 4.69) is 4.98 Å². The van der Waals surface area contributed by atoms with Crippen LogP contribution in [0.5, 0.6) is 0 Å². The lowest BCUT2D eigenvalue weighted by Crippen LogP contribution is -1.91. The highest BCUT2D eigenvalue weighted by atomic mass is 16.4. The van der Waals surface area contributed by atoms with Gasteiger partial charge in [0.05, 0.1) is 5.39 Å². The van der Waals surface area contributed by atoms with Gasteiger partial charge in [-0.05, 0) is 6.07 Å². The first-order valence-corrected chi connectivity index (χ1v) is 3.56. The minimum atomic E-state index is -1.12. The Labute approximate surface area is 72.8 Å². The molecule has 0 spiro atoms. The molecule has 0 atom stereocenters. The SMILES string of the molecule is Nc1nccc2oc(C(=O)O)cc12. The van der Waals surface area contributed by atoms with Crippen LogP contribution >= 0.6 is 0 Å². The number of nitrogens with two attached hydrogens (primary N) is 1. The van der Waals surface area contributed by atoms with E-state index in [1.54, 1.807) is 6.07 Å². The van der Waals surface area contributed by atoms with Crippen LogP contribution in [0.4, 0.5) is 5.82 Å². The molecule has 2 rings (SSSR count). The number of furan rings is 1. The molecule has 0 saturated heterocycles. The third kappa shape index (κ3) is 1.10. The van der Waals surface area contributed by atoms with Crippen molar-refractivity contribution in [3.63, 3.8) is 0 Å². The largest absolute Gasteiger partial charge is 0.475 e. The summed E-state index contributed by atoms with van der Waals surface area (Å²) in [7, 11) is 0. The fourth-order valence-electron chi connectivity index (χ4n) is 1.09. The molecule has 0 aliphatic heterocycles. The molecule has 13 heavy (non-hydrogen) atoms. The summed E-state index contributed by atoms with van der Waals surface area (Å²) in [6, 6.07) is 2.93. The van der Waals surface area contributed by atoms with Crippen LogP contribution in [-0.2, 0) is 0 Å². The van der Waals surface area contributed by atoms with Crippen molar-refractivity contribution in [1.29, 1.82) is 0 Å². The maximum atomic E-state index is 10.5. The van der Waals surface area contributed by atoms with Gasteiger partial charge in [-0.3, -0.25) is 0 Å². The van der Waals surface area contributed by atoms with Gasteiger partial charge in [0.2, 0.25) is 5.76 Å². The van der Waals surface area contributed by atoms with E-state index in [0.29, 0.717) is 11.0 Å². The van der Waals surface area contributed by atoms with Gasteiger partial charge in [-0.25, -0.2) is 9.78 Å². The third-order valence-electron chi connectivity index (χ3n) is 1.69. The second-order valence-corrected chi connectivity index (χ2v) is 2.52. The molecular weight excluding hydrogens is 172 g/mol. The van der Waals surface area contributed by atoms with Gasteiger partial charge in [-0.2, -0.15) is 0 Å². The van der Waals surface area contributed by atoms with Crippen molar-refractivity contribution in [1.82, 2.24) is 4.98 Å². The Morgan fingerprint density at radius 2 is 2.38 bits per heavy atom. The predicted octanol–water partition coefficient (Wildman–Crippen LogP) is 1.11. The first-order chi connectivity index (χ1) is 6.18. The van der Waals surface area contributed by atoms with Crippen molar-refractivity contribution in [2.24, 2.45) is 0 Å². The number of anilines is 1. The van der Waals surface area contributed by atoms with Crippen molar-refractivity contribution >= 4 is 22.8 Å². The minimum Gasteiger partial charge on any atom is -0.475 e. The number of nitrogen functional groups attached to an aromatic ring is 1. The average molecular weight is 178 g/mol. The first-order valence-electron chi connectivity index (χ1n) is 3.56. The molecule has 0 bridgehead atoms. The van der Waals surface area contributed by atoms with Gasteiger partial charge in [0.25, 0.3) is 0 Å². The Morgan fingerprint density at radius 3 is 3.00 bits per heavy atom. The average Bonchev–Trinajstić information content (AvgIpc) is 2.49. The number of nitrogens with zero attached hydrogens (tertiary/aromatic N) is 1. The molecule has 5 heteroatoms. The number of aromatic nitrogens is 1. The van der Waals surface area contributed by atoms with Gasteiger partial charge in [0.15, 0.2) is 0 Å². The number of hydrogen-bond donors (Lipinski definition) is 2. The van der Waals surface area contributed by atoms with Crippen LogP contribution in [0.2, 0.25) is 0 Å². The highest BCUT2D eigenvalue weighted by Crippen LogP contribution is 2.22. The lowest BCUT2D eigenvalue weighted by atomic mass is 10.3. The van der Waals surface area contributed by atoms with Crippen LogP contribution in [-0.4, -0.2) is 16.1 Å². The number of pyridine rings is 1. The quantitative estimate of drug-likeness (QED) is 0.682. The minimum absolute atomic E-state index is 0.130. The molecule has 2 heterocycles. The number of fused-ring (bicyclic) bond motifs is 1. The number of rotatable bonds is 1. The summed E-state index contributed by atoms with van der Waals surface area (Å²) in [5.41, 5.74) is 5.94. The summed E-state index contributed by atoms with van der Waals surface area (Å²) in [5.74, 6) is -0.973. The predicted molar refractivity (Wildman–Crippen MR) is 45.4 cm³/mol. The molecular formula is C8H6N2O3. The van der Waals surface area contributed by atoms with E-state index in [4.69, 9.17) is 15.3 Å². The number of aromatic carboxylic acids is 1. The molecule has 0 aliphatic rings. The highest BCUT2D eigenvalue weighted by molar-refractivity contribution is 5.95. The van der Waals surface area contributed by atoms with Crippen LogP contribution in [0.1, 0.15) is 10.6 Å². The molecule has 0 aromatic carbocycles. The summed E-state index contributed by atoms with van der Waals surface area (Å²) < 4.78 is 4.99. The van der Waals surface area contributed by atoms with E-state index in [1.807, 2.05) is 0 Å². The molecule has 0 unspecified atom stereocenters. The fourth-order valence-corrected chi connectivity index (χ4v) is 1.09. The third-order valence-corrected chi connectivity index (χ3v) is 1.69. The van der Waals surface area contributed by atoms with Gasteiger partial charge in [0, 0.05) is 12.3 Å². The maximum Gasteiger partial charge on any atom is 0.371 e. The van der Waals surface area contributed by atoms with Gasteiger partial charge >= 0.3 is 5.97 Å². The standard InChI is InChI=1S/C8H6N2O3/c9-7-4-3-6(8(11)12)13-5(4)1-2-10-7/h1-3H,(H2,9,10)(H,11,12). The lowest BCUT2D eigenvalue weighted by molar-refractivity contribution is 0.0665. The second kappa shape index (κ2) is 2.48. The molecule has 3 N–H and O–H groups in total. The molecule has 0 amide bonds. The molecule has 0 saturated carbocycles. The Kier molecular flexibility index (Phi) is 1.45. The number of carbonyl (C=O) groups is 1. The number of hydrogen-bond acceptors (Lipinski definition) is 4. The van der Waals surface area contributed by atoms with E-state index >= 15 is 0 Å². The summed E-state index contributed by atoms with van der Waals surface area (Å²) >= 11 is 0. The highest BCUT2D eigenvalue weighted by Gasteiger charge is 2.11. The Morgan fingerprint density at radius 1 is 1.62 bits per heavy atom. The van der Waals surface area contributed by atoms with E-state index in [-0.39, 0.29) is 11.6 Å². The molecule has 0 radical (unpaired) electrons. The number of carboxylic acid groups (broad SMARTS) is 1. The van der Waals surface area contributed by atoms with Crippen LogP contribution in [0.3, 0.4) is 0 Å². The van der Waals surface area contributed by atoms with Crippen molar-refractivity contribution in [3.8, 4) is 0 Å². The van der Waals surface area contributed by atoms with E-state index in [1.165, 1.54) is 12.3 Å². The zero-order chi connectivity index (χ0) is 9.42. The normalized spacial score (nSPS) is 10.5. The second-order valence-electron chi connectivity index (χ2n) is 2.52. The van der Waals surface area contributed by atoms with Crippen molar-refractivity contribution in [2.75, 3.05) is 5.73 Å². The summed E-state index contributed by atoms with van der Waals surface area (Å²) in [6.45, 7) is 0. The Bertz CT molecular complexity index is 475. The molecule has 2 aromatic rings. The lowest BCUT2D eigenvalue weighted by Gasteiger charge is -1.89. The Hall–Kier alpha value is -2.04. The monoisotopic (exact) mass is 178 g/mol. The Balaban J connectivity index is 2.75. The van der Waals surface area contributed by atoms with Crippen molar-refractivity contribution in [3.05, 3.63) is 24.1 Å². The fraction of sp³-hybridized carbons (Fsp3) is 0. The van der Waals surface area contributed by atoms with Crippen molar-refractivity contribution < 1.29 is 14.3 Å². The van der Waals surface area contributed by atoms with Gasteiger partial charge in [-0.1, -0.05) is 0 Å². The molecule has 0 aliphatic carbocycles. The summed E-state index contributed by atoms with van der Waals surface area (Å²) in [5, 5.41) is 9.15. The van der Waals surface area contributed by atoms with Crippen molar-refractivity contribution in [2.45, 2.75) is 0 Å². The van der Waals surface area contributed by atoms with Gasteiger partial charge in [-0.15, -0.1) is 0 Å². The summed E-state index contributed by atoms with van der Waals surface area (Å²) in [6.07, 6.45) is 1.47. The van der Waals surface area contributed by atoms with Crippen LogP contribution in [0, 0.1) is 0 Å². The zero-order valence-electron chi connectivity index (χ0n) is 6.52. The van der Waals surface area contributed by atoms with E-state index in [0.717, 1.165) is 0 Å². The molecule has 2 aromatic heterocycles. The zero-order valence-corrected chi connectivity index (χ0v) is 6.52. The van der Waals surface area contributed by atoms with E-state index in [9.17, 15) is 4.79 Å². The maximum absolute atomic E-state index is 10.5. The van der Waals surface area contributed by atoms with Crippen LogP contribution < -0.4 is 5.73 Å². The first kappa shape index (κ1) is 7.60. The number of carboxylic acids is 1. The molecule has 0 fully saturated rings. The van der Waals surface area contributed by atoms with Gasteiger partial charge < -0.3 is 15.3 Å². The summed E-state index contributed by atoms with van der Waals surface area (Å²) in [4.78, 5) is 14.3. The van der Waals surface area contributed by atoms with E-state index < -0.39 is 5.97 Å². The smallest absolute Gasteiger partial charge is 0.371 e. The van der Waals surface area contributed by atoms with Gasteiger partial charge in [0.1, 0.15) is 11.4 Å².